The first-order chi connectivity index (χ1) is 8.80. The van der Waals surface area contributed by atoms with Gasteiger partial charge in [0.2, 0.25) is 0 Å². The standard InChI is InChI=1S/C17H29NO/c1-14-9-10-16(15(13-14)17(2,3)4)19-12-8-7-11-18(5)6/h9-10,13H,7-8,11-12H2,1-6H3. The molecule has 0 aliphatic heterocycles. The Labute approximate surface area is 118 Å². The van der Waals surface area contributed by atoms with E-state index in [-0.39, 0.29) is 5.41 Å². The van der Waals surface area contributed by atoms with E-state index in [9.17, 15) is 0 Å². The van der Waals surface area contributed by atoms with Gasteiger partial charge in [-0.1, -0.05) is 38.5 Å². The third-order valence-corrected chi connectivity index (χ3v) is 3.20. The minimum Gasteiger partial charge on any atom is -0.493 e. The van der Waals surface area contributed by atoms with E-state index in [1.165, 1.54) is 17.5 Å². The number of unbranched alkanes of at least 4 members (excludes halogenated alkanes) is 1. The molecule has 108 valence electrons. The summed E-state index contributed by atoms with van der Waals surface area (Å²) in [5, 5.41) is 0. The minimum atomic E-state index is 0.130. The van der Waals surface area contributed by atoms with Gasteiger partial charge in [0.1, 0.15) is 5.75 Å². The molecule has 0 atom stereocenters. The van der Waals surface area contributed by atoms with E-state index in [2.05, 4.69) is 64.9 Å². The maximum Gasteiger partial charge on any atom is 0.123 e. The van der Waals surface area contributed by atoms with Gasteiger partial charge in [0.05, 0.1) is 6.61 Å². The highest BCUT2D eigenvalue weighted by Crippen LogP contribution is 2.32. The summed E-state index contributed by atoms with van der Waals surface area (Å²) in [5.41, 5.74) is 2.73. The van der Waals surface area contributed by atoms with Crippen LogP contribution in [0.15, 0.2) is 18.2 Å². The van der Waals surface area contributed by atoms with Crippen molar-refractivity contribution >= 4 is 0 Å². The van der Waals surface area contributed by atoms with E-state index in [4.69, 9.17) is 4.74 Å². The molecule has 1 aromatic rings. The second kappa shape index (κ2) is 6.95. The van der Waals surface area contributed by atoms with Crippen LogP contribution in [0.3, 0.4) is 0 Å². The third-order valence-electron chi connectivity index (χ3n) is 3.20. The summed E-state index contributed by atoms with van der Waals surface area (Å²) in [6.45, 7) is 10.8. The van der Waals surface area contributed by atoms with Gasteiger partial charge in [-0.2, -0.15) is 0 Å². The van der Waals surface area contributed by atoms with Crippen LogP contribution in [0.4, 0.5) is 0 Å². The molecule has 0 spiro atoms. The van der Waals surface area contributed by atoms with Crippen LogP contribution in [0.5, 0.6) is 5.75 Å². The molecule has 0 saturated carbocycles. The molecule has 2 heteroatoms. The number of hydrogen-bond donors (Lipinski definition) is 0. The van der Waals surface area contributed by atoms with Gasteiger partial charge in [0.25, 0.3) is 0 Å². The lowest BCUT2D eigenvalue weighted by molar-refractivity contribution is 0.287. The molecule has 0 bridgehead atoms. The Morgan fingerprint density at radius 3 is 2.37 bits per heavy atom. The van der Waals surface area contributed by atoms with Gasteiger partial charge in [0, 0.05) is 0 Å². The Hall–Kier alpha value is -1.02. The van der Waals surface area contributed by atoms with E-state index < -0.39 is 0 Å². The highest BCUT2D eigenvalue weighted by atomic mass is 16.5. The van der Waals surface area contributed by atoms with E-state index in [1.54, 1.807) is 0 Å². The second-order valence-corrected chi connectivity index (χ2v) is 6.61. The van der Waals surface area contributed by atoms with E-state index in [0.29, 0.717) is 0 Å². The molecule has 0 N–H and O–H groups in total. The molecule has 0 fully saturated rings. The quantitative estimate of drug-likeness (QED) is 0.719. The van der Waals surface area contributed by atoms with Gasteiger partial charge in [0.15, 0.2) is 0 Å². The first-order valence-corrected chi connectivity index (χ1v) is 7.19. The van der Waals surface area contributed by atoms with Crippen LogP contribution in [-0.2, 0) is 5.41 Å². The van der Waals surface area contributed by atoms with Crippen molar-refractivity contribution in [2.75, 3.05) is 27.2 Å². The van der Waals surface area contributed by atoms with Gasteiger partial charge in [-0.15, -0.1) is 0 Å². The summed E-state index contributed by atoms with van der Waals surface area (Å²) in [6, 6.07) is 6.49. The lowest BCUT2D eigenvalue weighted by Crippen LogP contribution is -2.15. The Morgan fingerprint density at radius 1 is 1.11 bits per heavy atom. The summed E-state index contributed by atoms with van der Waals surface area (Å²) in [5.74, 6) is 1.04. The van der Waals surface area contributed by atoms with Crippen molar-refractivity contribution in [1.82, 2.24) is 4.90 Å². The molecule has 0 aromatic heterocycles. The zero-order valence-electron chi connectivity index (χ0n) is 13.4. The lowest BCUT2D eigenvalue weighted by Gasteiger charge is -2.23. The van der Waals surface area contributed by atoms with Crippen LogP contribution in [0.1, 0.15) is 44.7 Å². The van der Waals surface area contributed by atoms with Crippen molar-refractivity contribution in [2.24, 2.45) is 0 Å². The van der Waals surface area contributed by atoms with Crippen molar-refractivity contribution in [3.8, 4) is 5.75 Å². The van der Waals surface area contributed by atoms with E-state index >= 15 is 0 Å². The number of nitrogens with zero attached hydrogens (tertiary/aromatic N) is 1. The van der Waals surface area contributed by atoms with Gasteiger partial charge < -0.3 is 9.64 Å². The lowest BCUT2D eigenvalue weighted by atomic mass is 9.85. The molecule has 0 amide bonds. The normalized spacial score (nSPS) is 11.9. The monoisotopic (exact) mass is 263 g/mol. The Kier molecular flexibility index (Phi) is 5.86. The van der Waals surface area contributed by atoms with Crippen LogP contribution >= 0.6 is 0 Å². The van der Waals surface area contributed by atoms with Crippen LogP contribution in [0, 0.1) is 6.92 Å². The molecule has 0 aliphatic rings. The zero-order valence-corrected chi connectivity index (χ0v) is 13.4. The SMILES string of the molecule is Cc1ccc(OCCCCN(C)C)c(C(C)(C)C)c1. The number of aryl methyl sites for hydroxylation is 1. The van der Waals surface area contributed by atoms with Crippen molar-refractivity contribution < 1.29 is 4.74 Å². The fourth-order valence-corrected chi connectivity index (χ4v) is 2.07. The Balaban J connectivity index is 2.58. The number of hydrogen-bond acceptors (Lipinski definition) is 2. The molecule has 0 heterocycles. The van der Waals surface area contributed by atoms with Crippen molar-refractivity contribution in [3.05, 3.63) is 29.3 Å². The Bertz CT molecular complexity index is 391. The topological polar surface area (TPSA) is 12.5 Å². The summed E-state index contributed by atoms with van der Waals surface area (Å²) in [7, 11) is 4.22. The summed E-state index contributed by atoms with van der Waals surface area (Å²) in [4.78, 5) is 2.21. The summed E-state index contributed by atoms with van der Waals surface area (Å²) >= 11 is 0. The fourth-order valence-electron chi connectivity index (χ4n) is 2.07. The third kappa shape index (κ3) is 5.65. The number of ether oxygens (including phenoxy) is 1. The molecule has 0 saturated heterocycles. The maximum atomic E-state index is 5.98. The van der Waals surface area contributed by atoms with Crippen molar-refractivity contribution in [1.29, 1.82) is 0 Å². The molecule has 0 unspecified atom stereocenters. The molecular weight excluding hydrogens is 234 g/mol. The molecule has 0 radical (unpaired) electrons. The van der Waals surface area contributed by atoms with Gasteiger partial charge in [-0.05, 0) is 57.5 Å². The molecule has 1 aromatic carbocycles. The van der Waals surface area contributed by atoms with Gasteiger partial charge in [-0.25, -0.2) is 0 Å². The fraction of sp³-hybridized carbons (Fsp3) is 0.647. The molecule has 19 heavy (non-hydrogen) atoms. The highest BCUT2D eigenvalue weighted by Gasteiger charge is 2.18. The van der Waals surface area contributed by atoms with Crippen molar-refractivity contribution in [3.63, 3.8) is 0 Å². The van der Waals surface area contributed by atoms with E-state index in [0.717, 1.165) is 25.3 Å². The average molecular weight is 263 g/mol. The number of benzene rings is 1. The van der Waals surface area contributed by atoms with Crippen molar-refractivity contribution in [2.45, 2.75) is 46.0 Å². The van der Waals surface area contributed by atoms with Crippen LogP contribution in [-0.4, -0.2) is 32.1 Å². The Morgan fingerprint density at radius 2 is 1.79 bits per heavy atom. The van der Waals surface area contributed by atoms with Gasteiger partial charge in [-0.3, -0.25) is 0 Å². The molecule has 0 aliphatic carbocycles. The van der Waals surface area contributed by atoms with Gasteiger partial charge >= 0.3 is 0 Å². The first-order valence-electron chi connectivity index (χ1n) is 7.19. The predicted octanol–water partition coefficient (Wildman–Crippen LogP) is 4.01. The highest BCUT2D eigenvalue weighted by molar-refractivity contribution is 5.41. The minimum absolute atomic E-state index is 0.130. The number of rotatable bonds is 6. The summed E-state index contributed by atoms with van der Waals surface area (Å²) in [6.07, 6.45) is 2.29. The van der Waals surface area contributed by atoms with E-state index in [1.807, 2.05) is 0 Å². The maximum absolute atomic E-state index is 5.98. The summed E-state index contributed by atoms with van der Waals surface area (Å²) < 4.78 is 5.98. The van der Waals surface area contributed by atoms with Crippen LogP contribution < -0.4 is 4.74 Å². The molecule has 2 nitrogen and oxygen atoms in total. The molecule has 1 rings (SSSR count). The second-order valence-electron chi connectivity index (χ2n) is 6.61. The van der Waals surface area contributed by atoms with Crippen LogP contribution in [0.2, 0.25) is 0 Å². The molecular formula is C17H29NO. The predicted molar refractivity (Wildman–Crippen MR) is 83.2 cm³/mol. The van der Waals surface area contributed by atoms with Crippen LogP contribution in [0.25, 0.3) is 0 Å². The average Bonchev–Trinajstić information content (AvgIpc) is 2.28. The first kappa shape index (κ1) is 16.0. The largest absolute Gasteiger partial charge is 0.493 e. The smallest absolute Gasteiger partial charge is 0.123 e. The zero-order chi connectivity index (χ0) is 14.5.